The van der Waals surface area contributed by atoms with Crippen LogP contribution in [0.5, 0.6) is 0 Å². The fourth-order valence-electron chi connectivity index (χ4n) is 1.92. The number of amides is 3. The minimum absolute atomic E-state index is 0.0179. The van der Waals surface area contributed by atoms with Crippen LogP contribution in [0.15, 0.2) is 0 Å². The quantitative estimate of drug-likeness (QED) is 0.434. The number of nitrogens with one attached hydrogen (secondary N) is 1. The van der Waals surface area contributed by atoms with E-state index in [-0.39, 0.29) is 19.5 Å². The molecule has 1 fully saturated rings. The van der Waals surface area contributed by atoms with Crippen molar-refractivity contribution < 1.29 is 24.2 Å². The van der Waals surface area contributed by atoms with Crippen molar-refractivity contribution in [2.45, 2.75) is 42.4 Å². The van der Waals surface area contributed by atoms with Gasteiger partial charge in [-0.15, -0.1) is 0 Å². The topological polar surface area (TPSA) is 122 Å². The van der Waals surface area contributed by atoms with E-state index < -0.39 is 33.2 Å². The van der Waals surface area contributed by atoms with Crippen LogP contribution >= 0.6 is 22.6 Å². The van der Waals surface area contributed by atoms with Gasteiger partial charge >= 0.3 is 6.09 Å². The number of alkyl carbamates (subject to hydrolysis) is 1. The van der Waals surface area contributed by atoms with Gasteiger partial charge in [0.15, 0.2) is 0 Å². The molecule has 4 N–H and O–H groups in total. The van der Waals surface area contributed by atoms with Gasteiger partial charge < -0.3 is 25.8 Å². The Morgan fingerprint density at radius 3 is 2.52 bits per heavy atom. The van der Waals surface area contributed by atoms with E-state index in [0.29, 0.717) is 0 Å². The summed E-state index contributed by atoms with van der Waals surface area (Å²) in [6.07, 6.45) is -0.656. The number of halogens is 1. The largest absolute Gasteiger partial charge is 0.444 e. The van der Waals surface area contributed by atoms with Crippen LogP contribution in [-0.2, 0) is 14.3 Å². The minimum Gasteiger partial charge on any atom is -0.444 e. The Labute approximate surface area is 136 Å². The van der Waals surface area contributed by atoms with Gasteiger partial charge in [-0.05, 0) is 43.4 Å². The second kappa shape index (κ2) is 6.34. The molecule has 1 heterocycles. The number of nitrogens with zero attached hydrogens (tertiary/aromatic N) is 1. The Morgan fingerprint density at radius 2 is 2.05 bits per heavy atom. The van der Waals surface area contributed by atoms with Crippen molar-refractivity contribution >= 4 is 40.5 Å². The molecule has 9 heteroatoms. The number of ether oxygens (including phenoxy) is 1. The van der Waals surface area contributed by atoms with Crippen LogP contribution in [0.2, 0.25) is 0 Å². The number of carbonyl (C=O) groups excluding carboxylic acids is 3. The highest BCUT2D eigenvalue weighted by molar-refractivity contribution is 14.1. The Kier molecular flexibility index (Phi) is 5.42. The highest BCUT2D eigenvalue weighted by atomic mass is 127. The maximum atomic E-state index is 12.1. The summed E-state index contributed by atoms with van der Waals surface area (Å²) in [7, 11) is 0. The lowest BCUT2D eigenvalue weighted by molar-refractivity contribution is -0.136. The van der Waals surface area contributed by atoms with Gasteiger partial charge in [0, 0.05) is 6.42 Å². The van der Waals surface area contributed by atoms with Crippen molar-refractivity contribution in [3.05, 3.63) is 0 Å². The Morgan fingerprint density at radius 1 is 1.48 bits per heavy atom. The standard InChI is InChI=1S/C12H20IN3O5/c1-11(2,3)21-10(19)15-5-8(17)16-6-12(13,20)4-7(16)9(14)18/h7,20H,4-6H2,1-3H3,(H2,14,18)(H,15,19)/t7-,12-/m0/s1. The van der Waals surface area contributed by atoms with Crippen LogP contribution < -0.4 is 11.1 Å². The molecule has 0 spiro atoms. The van der Waals surface area contributed by atoms with Crippen LogP contribution in [0.4, 0.5) is 4.79 Å². The molecule has 8 nitrogen and oxygen atoms in total. The molecule has 0 aliphatic carbocycles. The summed E-state index contributed by atoms with van der Waals surface area (Å²) in [6.45, 7) is 4.76. The summed E-state index contributed by atoms with van der Waals surface area (Å²) in [6, 6.07) is -0.875. The summed E-state index contributed by atoms with van der Waals surface area (Å²) >= 11 is 1.76. The smallest absolute Gasteiger partial charge is 0.408 e. The molecular weight excluding hydrogens is 393 g/mol. The first-order valence-electron chi connectivity index (χ1n) is 6.38. The van der Waals surface area contributed by atoms with Crippen LogP contribution in [0, 0.1) is 0 Å². The van der Waals surface area contributed by atoms with Crippen molar-refractivity contribution in [2.24, 2.45) is 5.73 Å². The monoisotopic (exact) mass is 413 g/mol. The number of carbonyl (C=O) groups is 3. The van der Waals surface area contributed by atoms with E-state index in [4.69, 9.17) is 10.5 Å². The first kappa shape index (κ1) is 18.0. The van der Waals surface area contributed by atoms with Crippen LogP contribution in [0.3, 0.4) is 0 Å². The third kappa shape index (κ3) is 5.65. The summed E-state index contributed by atoms with van der Waals surface area (Å²) < 4.78 is 3.81. The molecule has 1 rings (SSSR count). The second-order valence-electron chi connectivity index (χ2n) is 5.92. The van der Waals surface area contributed by atoms with Gasteiger partial charge in [0.1, 0.15) is 21.8 Å². The van der Waals surface area contributed by atoms with Crippen LogP contribution in [0.25, 0.3) is 0 Å². The lowest BCUT2D eigenvalue weighted by Gasteiger charge is -2.23. The molecule has 1 aliphatic rings. The van der Waals surface area contributed by atoms with E-state index >= 15 is 0 Å². The van der Waals surface area contributed by atoms with E-state index in [9.17, 15) is 19.5 Å². The van der Waals surface area contributed by atoms with E-state index in [2.05, 4.69) is 5.32 Å². The van der Waals surface area contributed by atoms with Gasteiger partial charge in [-0.1, -0.05) is 0 Å². The minimum atomic E-state index is -1.20. The first-order chi connectivity index (χ1) is 9.41. The van der Waals surface area contributed by atoms with Crippen LogP contribution in [0.1, 0.15) is 27.2 Å². The zero-order valence-corrected chi connectivity index (χ0v) is 14.3. The van der Waals surface area contributed by atoms with Gasteiger partial charge in [0.05, 0.1) is 6.54 Å². The lowest BCUT2D eigenvalue weighted by atomic mass is 10.2. The molecule has 0 saturated carbocycles. The van der Waals surface area contributed by atoms with Gasteiger partial charge in [-0.3, -0.25) is 9.59 Å². The molecule has 0 unspecified atom stereocenters. The average molecular weight is 413 g/mol. The van der Waals surface area contributed by atoms with Gasteiger partial charge in [0.25, 0.3) is 0 Å². The number of rotatable bonds is 3. The summed E-state index contributed by atoms with van der Waals surface area (Å²) in [4.78, 5) is 36.0. The third-order valence-corrected chi connectivity index (χ3v) is 3.51. The van der Waals surface area contributed by atoms with Crippen LogP contribution in [-0.4, -0.2) is 56.3 Å². The summed E-state index contributed by atoms with van der Waals surface area (Å²) in [5.74, 6) is -1.19. The molecule has 0 aromatic heterocycles. The number of aliphatic hydroxyl groups is 1. The number of nitrogens with two attached hydrogens (primary N) is 1. The Bertz CT molecular complexity index is 447. The SMILES string of the molecule is CC(C)(C)OC(=O)NCC(=O)N1C[C@](O)(I)C[C@H]1C(N)=O. The maximum absolute atomic E-state index is 12.1. The fraction of sp³-hybridized carbons (Fsp3) is 0.750. The number of β-amino-alcohol motifs (C(OH)–C–C–N with tert-alkyl or cyclic N) is 1. The Balaban J connectivity index is 2.59. The summed E-state index contributed by atoms with van der Waals surface area (Å²) in [5, 5.41) is 12.3. The molecule has 2 atom stereocenters. The van der Waals surface area contributed by atoms with E-state index in [1.807, 2.05) is 0 Å². The van der Waals surface area contributed by atoms with Gasteiger partial charge in [-0.2, -0.15) is 0 Å². The van der Waals surface area contributed by atoms with Crippen molar-refractivity contribution in [2.75, 3.05) is 13.1 Å². The third-order valence-electron chi connectivity index (χ3n) is 2.73. The second-order valence-corrected chi connectivity index (χ2v) is 7.93. The van der Waals surface area contributed by atoms with E-state index in [0.717, 1.165) is 0 Å². The zero-order valence-electron chi connectivity index (χ0n) is 12.2. The molecule has 1 saturated heterocycles. The predicted molar refractivity (Wildman–Crippen MR) is 82.5 cm³/mol. The van der Waals surface area contributed by atoms with E-state index in [1.165, 1.54) is 4.90 Å². The highest BCUT2D eigenvalue weighted by Gasteiger charge is 2.45. The average Bonchev–Trinajstić information content (AvgIpc) is 2.60. The molecule has 120 valence electrons. The molecule has 3 amide bonds. The Hall–Kier alpha value is -1.10. The van der Waals surface area contributed by atoms with Crippen molar-refractivity contribution in [1.29, 1.82) is 0 Å². The highest BCUT2D eigenvalue weighted by Crippen LogP contribution is 2.32. The number of alkyl halides is 1. The molecule has 21 heavy (non-hydrogen) atoms. The molecular formula is C12H20IN3O5. The lowest BCUT2D eigenvalue weighted by Crippen LogP contribution is -2.48. The molecule has 0 aromatic rings. The number of hydrogen-bond acceptors (Lipinski definition) is 5. The predicted octanol–water partition coefficient (Wildman–Crippen LogP) is -0.279. The normalized spacial score (nSPS) is 25.6. The zero-order chi connectivity index (χ0) is 16.4. The van der Waals surface area contributed by atoms with Crippen molar-refractivity contribution in [3.8, 4) is 0 Å². The molecule has 0 aromatic carbocycles. The first-order valence-corrected chi connectivity index (χ1v) is 7.46. The van der Waals surface area contributed by atoms with Gasteiger partial charge in [0.2, 0.25) is 11.8 Å². The number of hydrogen-bond donors (Lipinski definition) is 3. The molecule has 1 aliphatic heterocycles. The molecule has 0 radical (unpaired) electrons. The van der Waals surface area contributed by atoms with Crippen molar-refractivity contribution in [1.82, 2.24) is 10.2 Å². The summed E-state index contributed by atoms with van der Waals surface area (Å²) in [5.41, 5.74) is 4.56. The number of likely N-dealkylation sites (tertiary alicyclic amines) is 1. The van der Waals surface area contributed by atoms with Gasteiger partial charge in [-0.25, -0.2) is 4.79 Å². The maximum Gasteiger partial charge on any atom is 0.408 e. The van der Waals surface area contributed by atoms with E-state index in [1.54, 1.807) is 43.4 Å². The van der Waals surface area contributed by atoms with Crippen molar-refractivity contribution in [3.63, 3.8) is 0 Å². The number of primary amides is 1. The molecule has 0 bridgehead atoms. The fourth-order valence-corrected chi connectivity index (χ4v) is 2.71.